The van der Waals surface area contributed by atoms with Crippen molar-refractivity contribution in [2.45, 2.75) is 6.92 Å². The lowest BCUT2D eigenvalue weighted by atomic mass is 10.0. The van der Waals surface area contributed by atoms with Crippen molar-refractivity contribution in [1.29, 1.82) is 0 Å². The number of carbonyl (C=O) groups is 2. The number of furan rings is 1. The lowest BCUT2D eigenvalue weighted by molar-refractivity contribution is -0.0273. The second kappa shape index (κ2) is 5.99. The summed E-state index contributed by atoms with van der Waals surface area (Å²) in [6.07, 6.45) is 0.750. The summed E-state index contributed by atoms with van der Waals surface area (Å²) in [6.45, 7) is 2.15. The maximum absolute atomic E-state index is 12.2. The Balaban J connectivity index is 2.16. The van der Waals surface area contributed by atoms with Crippen LogP contribution >= 0.6 is 0 Å². The summed E-state index contributed by atoms with van der Waals surface area (Å²) in [5.41, 5.74) is 1.72. The molecule has 0 aliphatic heterocycles. The third kappa shape index (κ3) is 2.35. The van der Waals surface area contributed by atoms with Crippen molar-refractivity contribution in [2.24, 2.45) is 0 Å². The first-order chi connectivity index (χ1) is 10.8. The summed E-state index contributed by atoms with van der Waals surface area (Å²) in [4.78, 5) is 23.4. The van der Waals surface area contributed by atoms with Crippen molar-refractivity contribution in [3.05, 3.63) is 47.5 Å². The molecule has 5 heteroatoms. The monoisotopic (exact) mass is 298 g/mol. The normalized spacial score (nSPS) is 11.0. The van der Waals surface area contributed by atoms with E-state index in [2.05, 4.69) is 0 Å². The van der Waals surface area contributed by atoms with Gasteiger partial charge in [-0.3, -0.25) is 4.79 Å². The molecule has 0 spiro atoms. The standard InChI is InChI=1S/C17H14O5/c1-2-20-10-21-17(19)13-8-7-11(9-18)15-12-5-3-4-6-14(12)22-16(13)15/h3-9H,2,10H2,1H3. The third-order valence-electron chi connectivity index (χ3n) is 3.38. The molecule has 3 aromatic rings. The Hall–Kier alpha value is -2.66. The number of aldehydes is 1. The Morgan fingerprint density at radius 3 is 2.82 bits per heavy atom. The van der Waals surface area contributed by atoms with Crippen molar-refractivity contribution in [3.8, 4) is 0 Å². The number of hydrogen-bond acceptors (Lipinski definition) is 5. The van der Waals surface area contributed by atoms with Crippen LogP contribution in [-0.2, 0) is 9.47 Å². The van der Waals surface area contributed by atoms with Crippen molar-refractivity contribution < 1.29 is 23.5 Å². The zero-order chi connectivity index (χ0) is 15.5. The van der Waals surface area contributed by atoms with Crippen LogP contribution in [0, 0.1) is 0 Å². The Bertz CT molecular complexity index is 847. The Kier molecular flexibility index (Phi) is 3.89. The van der Waals surface area contributed by atoms with Gasteiger partial charge in [0.05, 0.1) is 0 Å². The molecule has 0 aliphatic rings. The van der Waals surface area contributed by atoms with Crippen LogP contribution in [0.2, 0.25) is 0 Å². The van der Waals surface area contributed by atoms with Gasteiger partial charge in [0, 0.05) is 22.9 Å². The maximum atomic E-state index is 12.2. The molecular formula is C17H14O5. The SMILES string of the molecule is CCOCOC(=O)c1ccc(C=O)c2c1oc1ccccc12. The zero-order valence-corrected chi connectivity index (χ0v) is 12.0. The molecule has 0 unspecified atom stereocenters. The minimum atomic E-state index is -0.546. The quantitative estimate of drug-likeness (QED) is 0.312. The second-order valence-electron chi connectivity index (χ2n) is 4.66. The first-order valence-corrected chi connectivity index (χ1v) is 6.90. The first-order valence-electron chi connectivity index (χ1n) is 6.90. The van der Waals surface area contributed by atoms with E-state index in [1.54, 1.807) is 12.1 Å². The Morgan fingerprint density at radius 1 is 1.23 bits per heavy atom. The Morgan fingerprint density at radius 2 is 2.05 bits per heavy atom. The molecule has 0 amide bonds. The van der Waals surface area contributed by atoms with Crippen LogP contribution in [0.15, 0.2) is 40.8 Å². The highest BCUT2D eigenvalue weighted by Crippen LogP contribution is 2.33. The van der Waals surface area contributed by atoms with Crippen molar-refractivity contribution in [2.75, 3.05) is 13.4 Å². The minimum absolute atomic E-state index is 0.119. The molecule has 1 heterocycles. The lowest BCUT2D eigenvalue weighted by Gasteiger charge is -2.05. The van der Waals surface area contributed by atoms with Gasteiger partial charge in [-0.15, -0.1) is 0 Å². The van der Waals surface area contributed by atoms with Gasteiger partial charge in [-0.2, -0.15) is 0 Å². The highest BCUT2D eigenvalue weighted by molar-refractivity contribution is 6.17. The van der Waals surface area contributed by atoms with Crippen molar-refractivity contribution in [1.82, 2.24) is 0 Å². The van der Waals surface area contributed by atoms with Gasteiger partial charge in [-0.1, -0.05) is 18.2 Å². The van der Waals surface area contributed by atoms with Gasteiger partial charge in [0.1, 0.15) is 11.1 Å². The van der Waals surface area contributed by atoms with Crippen molar-refractivity contribution >= 4 is 34.2 Å². The van der Waals surface area contributed by atoms with Gasteiger partial charge in [0.15, 0.2) is 18.7 Å². The highest BCUT2D eigenvalue weighted by atomic mass is 16.7. The summed E-state index contributed by atoms with van der Waals surface area (Å²) in [5, 5.41) is 1.41. The fourth-order valence-electron chi connectivity index (χ4n) is 2.37. The fraction of sp³-hybridized carbons (Fsp3) is 0.176. The minimum Gasteiger partial charge on any atom is -0.455 e. The van der Waals surface area contributed by atoms with Crippen LogP contribution in [0.4, 0.5) is 0 Å². The molecule has 0 aliphatic carbocycles. The molecule has 0 bridgehead atoms. The van der Waals surface area contributed by atoms with Gasteiger partial charge in [0.25, 0.3) is 0 Å². The number of carbonyl (C=O) groups excluding carboxylic acids is 2. The first kappa shape index (κ1) is 14.3. The van der Waals surface area contributed by atoms with Crippen LogP contribution in [-0.4, -0.2) is 25.7 Å². The summed E-state index contributed by atoms with van der Waals surface area (Å²) in [7, 11) is 0. The predicted octanol–water partition coefficient (Wildman–Crippen LogP) is 3.55. The molecule has 0 N–H and O–H groups in total. The predicted molar refractivity (Wildman–Crippen MR) is 81.0 cm³/mol. The molecule has 3 rings (SSSR count). The zero-order valence-electron chi connectivity index (χ0n) is 12.0. The van der Waals surface area contributed by atoms with Gasteiger partial charge in [-0.25, -0.2) is 4.79 Å². The summed E-state index contributed by atoms with van der Waals surface area (Å²) < 4.78 is 15.8. The lowest BCUT2D eigenvalue weighted by Crippen LogP contribution is -2.09. The van der Waals surface area contributed by atoms with E-state index in [4.69, 9.17) is 13.9 Å². The van der Waals surface area contributed by atoms with Gasteiger partial charge in [-0.05, 0) is 25.1 Å². The molecule has 2 aromatic carbocycles. The number of para-hydroxylation sites is 1. The molecule has 0 radical (unpaired) electrons. The third-order valence-corrected chi connectivity index (χ3v) is 3.38. The molecule has 1 aromatic heterocycles. The molecule has 0 atom stereocenters. The van der Waals surface area contributed by atoms with Gasteiger partial charge < -0.3 is 13.9 Å². The fourth-order valence-corrected chi connectivity index (χ4v) is 2.37. The molecule has 0 saturated carbocycles. The smallest absolute Gasteiger partial charge is 0.344 e. The Labute approximate surface area is 126 Å². The second-order valence-corrected chi connectivity index (χ2v) is 4.66. The number of fused-ring (bicyclic) bond motifs is 3. The van der Waals surface area contributed by atoms with Crippen LogP contribution in [0.25, 0.3) is 21.9 Å². The average molecular weight is 298 g/mol. The molecular weight excluding hydrogens is 284 g/mol. The average Bonchev–Trinajstić information content (AvgIpc) is 2.93. The van der Waals surface area contributed by atoms with Crippen LogP contribution < -0.4 is 0 Å². The molecule has 0 fully saturated rings. The van der Waals surface area contributed by atoms with E-state index in [9.17, 15) is 9.59 Å². The van der Waals surface area contributed by atoms with E-state index in [-0.39, 0.29) is 12.4 Å². The number of rotatable bonds is 5. The van der Waals surface area contributed by atoms with E-state index in [0.29, 0.717) is 28.7 Å². The number of hydrogen-bond donors (Lipinski definition) is 0. The number of benzene rings is 2. The topological polar surface area (TPSA) is 65.7 Å². The van der Waals surface area contributed by atoms with Crippen LogP contribution in [0.1, 0.15) is 27.6 Å². The summed E-state index contributed by atoms with van der Waals surface area (Å²) in [5.74, 6) is -0.546. The molecule has 22 heavy (non-hydrogen) atoms. The van der Waals surface area contributed by atoms with Gasteiger partial charge in [0.2, 0.25) is 0 Å². The van der Waals surface area contributed by atoms with E-state index >= 15 is 0 Å². The summed E-state index contributed by atoms with van der Waals surface area (Å²) >= 11 is 0. The highest BCUT2D eigenvalue weighted by Gasteiger charge is 2.19. The van der Waals surface area contributed by atoms with E-state index in [1.807, 2.05) is 25.1 Å². The van der Waals surface area contributed by atoms with E-state index < -0.39 is 5.97 Å². The number of esters is 1. The molecule has 5 nitrogen and oxygen atoms in total. The molecule has 112 valence electrons. The van der Waals surface area contributed by atoms with Crippen molar-refractivity contribution in [3.63, 3.8) is 0 Å². The van der Waals surface area contributed by atoms with E-state index in [1.165, 1.54) is 6.07 Å². The number of ether oxygens (including phenoxy) is 2. The molecule has 0 saturated heterocycles. The largest absolute Gasteiger partial charge is 0.455 e. The van der Waals surface area contributed by atoms with Crippen LogP contribution in [0.5, 0.6) is 0 Å². The van der Waals surface area contributed by atoms with Gasteiger partial charge >= 0.3 is 5.97 Å². The van der Waals surface area contributed by atoms with Crippen LogP contribution in [0.3, 0.4) is 0 Å². The maximum Gasteiger partial charge on any atom is 0.344 e. The van der Waals surface area contributed by atoms with E-state index in [0.717, 1.165) is 11.7 Å². The summed E-state index contributed by atoms with van der Waals surface area (Å²) in [6, 6.07) is 10.4.